The normalized spacial score (nSPS) is 44.9. The number of fused-ring (bicyclic) bond motifs is 5. The maximum absolute atomic E-state index is 13.3. The molecule has 0 aliphatic heterocycles. The number of hydrogen-bond donors (Lipinski definition) is 1. The molecule has 2 unspecified atom stereocenters. The summed E-state index contributed by atoms with van der Waals surface area (Å²) >= 11 is 0. The minimum absolute atomic E-state index is 0.0313. The predicted molar refractivity (Wildman–Crippen MR) is 146 cm³/mol. The maximum atomic E-state index is 13.3. The molecular weight excluding hydrogens is 448 g/mol. The molecule has 4 aliphatic carbocycles. The molecule has 0 aromatic carbocycles. The molecule has 1 N–H and O–H groups in total. The Balaban J connectivity index is 1.71. The second-order valence-electron chi connectivity index (χ2n) is 14.3. The van der Waals surface area contributed by atoms with Crippen molar-refractivity contribution in [2.75, 3.05) is 14.2 Å². The lowest BCUT2D eigenvalue weighted by atomic mass is 9.38. The van der Waals surface area contributed by atoms with Crippen molar-refractivity contribution < 1.29 is 19.4 Å². The summed E-state index contributed by atoms with van der Waals surface area (Å²) in [6, 6.07) is 0. The van der Waals surface area contributed by atoms with E-state index in [2.05, 4.69) is 66.7 Å². The largest absolute Gasteiger partial charge is 0.392 e. The van der Waals surface area contributed by atoms with E-state index in [4.69, 9.17) is 9.47 Å². The Bertz CT molecular complexity index is 902. The Hall–Kier alpha value is -0.970. The van der Waals surface area contributed by atoms with E-state index in [0.717, 1.165) is 38.5 Å². The molecule has 4 nitrogen and oxygen atoms in total. The number of aldehydes is 1. The lowest BCUT2D eigenvalue weighted by Gasteiger charge is -2.66. The minimum Gasteiger partial charge on any atom is -0.392 e. The Kier molecular flexibility index (Phi) is 7.28. The first kappa shape index (κ1) is 28.0. The second kappa shape index (κ2) is 9.35. The zero-order valence-corrected chi connectivity index (χ0v) is 24.4. The van der Waals surface area contributed by atoms with Crippen molar-refractivity contribution in [1.29, 1.82) is 0 Å². The molecule has 0 amide bonds. The third-order valence-electron chi connectivity index (χ3n) is 12.2. The van der Waals surface area contributed by atoms with E-state index >= 15 is 0 Å². The molecule has 3 saturated carbocycles. The molecular formula is C32H52O4. The number of carbonyl (C=O) groups is 1. The lowest BCUT2D eigenvalue weighted by Crippen LogP contribution is -2.64. The van der Waals surface area contributed by atoms with Crippen LogP contribution < -0.4 is 0 Å². The van der Waals surface area contributed by atoms with Crippen molar-refractivity contribution in [2.24, 2.45) is 45.3 Å². The van der Waals surface area contributed by atoms with Gasteiger partial charge in [-0.15, -0.1) is 0 Å². The quantitative estimate of drug-likeness (QED) is 0.310. The lowest BCUT2D eigenvalue weighted by molar-refractivity contribution is -0.186. The van der Waals surface area contributed by atoms with Gasteiger partial charge in [0.05, 0.1) is 17.8 Å². The fourth-order valence-corrected chi connectivity index (χ4v) is 9.52. The third kappa shape index (κ3) is 3.92. The van der Waals surface area contributed by atoms with Gasteiger partial charge in [0.25, 0.3) is 0 Å². The van der Waals surface area contributed by atoms with E-state index in [1.165, 1.54) is 18.3 Å². The van der Waals surface area contributed by atoms with E-state index in [1.54, 1.807) is 7.11 Å². The highest BCUT2D eigenvalue weighted by Gasteiger charge is 2.70. The van der Waals surface area contributed by atoms with Crippen LogP contribution in [0.5, 0.6) is 0 Å². The number of aliphatic hydroxyl groups is 1. The van der Waals surface area contributed by atoms with Crippen LogP contribution in [0.15, 0.2) is 23.8 Å². The van der Waals surface area contributed by atoms with Gasteiger partial charge in [0.1, 0.15) is 6.29 Å². The highest BCUT2D eigenvalue weighted by Crippen LogP contribution is 2.74. The van der Waals surface area contributed by atoms with Crippen molar-refractivity contribution in [3.8, 4) is 0 Å². The second-order valence-corrected chi connectivity index (χ2v) is 14.3. The van der Waals surface area contributed by atoms with Gasteiger partial charge in [-0.1, -0.05) is 58.4 Å². The summed E-state index contributed by atoms with van der Waals surface area (Å²) in [5, 5.41) is 10.9. The molecule has 0 spiro atoms. The average Bonchev–Trinajstić information content (AvgIpc) is 3.11. The van der Waals surface area contributed by atoms with Crippen LogP contribution >= 0.6 is 0 Å². The van der Waals surface area contributed by atoms with E-state index < -0.39 is 5.41 Å². The fourth-order valence-electron chi connectivity index (χ4n) is 9.52. The van der Waals surface area contributed by atoms with Crippen LogP contribution in [0, 0.1) is 45.3 Å². The van der Waals surface area contributed by atoms with Crippen LogP contribution in [0.2, 0.25) is 0 Å². The Morgan fingerprint density at radius 3 is 2.39 bits per heavy atom. The molecule has 3 fully saturated rings. The smallest absolute Gasteiger partial charge is 0.127 e. The zero-order valence-electron chi connectivity index (χ0n) is 24.4. The number of methoxy groups -OCH3 is 2. The summed E-state index contributed by atoms with van der Waals surface area (Å²) in [4.78, 5) is 13.3. The van der Waals surface area contributed by atoms with Crippen molar-refractivity contribution in [2.45, 2.75) is 111 Å². The number of hydrogen-bond acceptors (Lipinski definition) is 4. The number of aliphatic hydroxyl groups excluding tert-OH is 1. The van der Waals surface area contributed by atoms with Gasteiger partial charge in [0.15, 0.2) is 0 Å². The van der Waals surface area contributed by atoms with Gasteiger partial charge >= 0.3 is 0 Å². The molecule has 0 aromatic heterocycles. The molecule has 9 atom stereocenters. The van der Waals surface area contributed by atoms with Gasteiger partial charge in [-0.05, 0) is 87.4 Å². The van der Waals surface area contributed by atoms with Crippen molar-refractivity contribution >= 4 is 6.29 Å². The number of ether oxygens (including phenoxy) is 2. The van der Waals surface area contributed by atoms with Gasteiger partial charge in [-0.25, -0.2) is 0 Å². The molecule has 0 bridgehead atoms. The van der Waals surface area contributed by atoms with Crippen molar-refractivity contribution in [1.82, 2.24) is 0 Å². The zero-order chi connectivity index (χ0) is 26.7. The highest BCUT2D eigenvalue weighted by molar-refractivity contribution is 5.65. The number of rotatable bonds is 7. The first-order valence-corrected chi connectivity index (χ1v) is 14.4. The summed E-state index contributed by atoms with van der Waals surface area (Å²) in [5.41, 5.74) is 0.497. The summed E-state index contributed by atoms with van der Waals surface area (Å²) in [6.45, 7) is 15.9. The molecule has 0 heterocycles. The van der Waals surface area contributed by atoms with Crippen LogP contribution in [-0.2, 0) is 14.3 Å². The van der Waals surface area contributed by atoms with E-state index in [-0.39, 0.29) is 45.9 Å². The van der Waals surface area contributed by atoms with E-state index in [9.17, 15) is 9.90 Å². The van der Waals surface area contributed by atoms with Crippen LogP contribution in [0.4, 0.5) is 0 Å². The summed E-state index contributed by atoms with van der Waals surface area (Å²) in [6.07, 6.45) is 14.8. The van der Waals surface area contributed by atoms with Gasteiger partial charge < -0.3 is 19.4 Å². The van der Waals surface area contributed by atoms with Gasteiger partial charge in [-0.3, -0.25) is 0 Å². The summed E-state index contributed by atoms with van der Waals surface area (Å²) in [7, 11) is 3.58. The van der Waals surface area contributed by atoms with Crippen LogP contribution in [0.1, 0.15) is 93.4 Å². The molecule has 4 aliphatic rings. The molecule has 0 saturated heterocycles. The van der Waals surface area contributed by atoms with Crippen molar-refractivity contribution in [3.63, 3.8) is 0 Å². The number of carbonyl (C=O) groups excluding carboxylic acids is 1. The fraction of sp³-hybridized carbons (Fsp3) is 0.844. The monoisotopic (exact) mass is 500 g/mol. The topological polar surface area (TPSA) is 55.8 Å². The van der Waals surface area contributed by atoms with Gasteiger partial charge in [0, 0.05) is 31.0 Å². The van der Waals surface area contributed by atoms with E-state index in [0.29, 0.717) is 11.8 Å². The molecule has 204 valence electrons. The first-order valence-electron chi connectivity index (χ1n) is 14.4. The summed E-state index contributed by atoms with van der Waals surface area (Å²) in [5.74, 6) is 1.58. The van der Waals surface area contributed by atoms with Gasteiger partial charge in [0.2, 0.25) is 0 Å². The summed E-state index contributed by atoms with van der Waals surface area (Å²) < 4.78 is 11.8. The highest BCUT2D eigenvalue weighted by atomic mass is 16.5. The van der Waals surface area contributed by atoms with Crippen molar-refractivity contribution in [3.05, 3.63) is 23.8 Å². The Morgan fingerprint density at radius 2 is 1.78 bits per heavy atom. The third-order valence-corrected chi connectivity index (χ3v) is 12.2. The van der Waals surface area contributed by atoms with Crippen LogP contribution in [0.3, 0.4) is 0 Å². The Morgan fingerprint density at radius 1 is 1.08 bits per heavy atom. The number of allylic oxidation sites excluding steroid dienone is 1. The molecule has 4 rings (SSSR count). The van der Waals surface area contributed by atoms with Crippen LogP contribution in [-0.4, -0.2) is 43.4 Å². The molecule has 36 heavy (non-hydrogen) atoms. The maximum Gasteiger partial charge on any atom is 0.127 e. The molecule has 0 radical (unpaired) electrons. The average molecular weight is 501 g/mol. The Labute approximate surface area is 220 Å². The van der Waals surface area contributed by atoms with E-state index in [1.807, 2.05) is 7.11 Å². The molecule has 4 heteroatoms. The molecule has 0 aromatic rings. The van der Waals surface area contributed by atoms with Crippen LogP contribution in [0.25, 0.3) is 0 Å². The van der Waals surface area contributed by atoms with Gasteiger partial charge in [-0.2, -0.15) is 0 Å². The standard InChI is InChI=1S/C32H52O4/c1-21(11-10-15-28(2,3)36-9)22-14-16-31(7)27-25(35-8)19-24-23(12-13-26(34)29(24,4)5)32(27,20-33)18-17-30(22,31)6/h10,15,19-23,25-27,34H,11-14,16-18H2,1-9H3/b15-10+/t21?,22?,23-,25+,26+,27+,30-,31+,32-/m1/s1. The first-order chi connectivity index (χ1) is 16.7. The predicted octanol–water partition coefficient (Wildman–Crippen LogP) is 6.76. The minimum atomic E-state index is -0.406. The SMILES string of the molecule is CO[C@H]1C=C2[C@@H](CC[C@H](O)C2(C)C)[C@]2(C=O)CC[C@]3(C)C(C(C)C/C=C/C(C)(C)OC)CC[C@@]3(C)[C@H]12.